The molecule has 0 amide bonds. The van der Waals surface area contributed by atoms with Crippen molar-refractivity contribution in [2.45, 2.75) is 20.8 Å². The number of anilines is 1. The highest BCUT2D eigenvalue weighted by Gasteiger charge is 2.02. The molecule has 0 aliphatic carbocycles. The third-order valence-corrected chi connectivity index (χ3v) is 2.33. The fourth-order valence-corrected chi connectivity index (χ4v) is 1.55. The number of rotatable bonds is 0. The van der Waals surface area contributed by atoms with Gasteiger partial charge in [-0.15, -0.1) is 0 Å². The molecule has 80 valence electrons. The zero-order valence-corrected chi connectivity index (χ0v) is 9.97. The molecule has 15 heavy (non-hydrogen) atoms. The molecule has 0 spiro atoms. The normalized spacial score (nSPS) is 9.60. The summed E-state index contributed by atoms with van der Waals surface area (Å²) in [6.45, 7) is 6.02. The first-order valence-corrected chi connectivity index (χ1v) is 5.36. The van der Waals surface area contributed by atoms with Gasteiger partial charge in [0.1, 0.15) is 5.82 Å². The van der Waals surface area contributed by atoms with E-state index in [1.165, 1.54) is 5.56 Å². The summed E-state index contributed by atoms with van der Waals surface area (Å²) in [6, 6.07) is 5.95. The molecule has 1 aromatic carbocycles. The van der Waals surface area contributed by atoms with Crippen LogP contribution in [-0.4, -0.2) is 4.98 Å². The number of aryl methyl sites for hydroxylation is 1. The monoisotopic (exact) mass is 222 g/mol. The van der Waals surface area contributed by atoms with E-state index in [-0.39, 0.29) is 0 Å². The van der Waals surface area contributed by atoms with Crippen molar-refractivity contribution in [1.29, 1.82) is 0 Å². The first-order chi connectivity index (χ1) is 7.18. The third-order valence-electron chi connectivity index (χ3n) is 2.03. The van der Waals surface area contributed by atoms with Gasteiger partial charge < -0.3 is 5.73 Å². The first kappa shape index (κ1) is 11.8. The molecule has 2 N–H and O–H groups in total. The highest BCUT2D eigenvalue weighted by Crippen LogP contribution is 2.26. The van der Waals surface area contributed by atoms with Gasteiger partial charge in [0.25, 0.3) is 0 Å². The van der Waals surface area contributed by atoms with Crippen LogP contribution in [0.2, 0.25) is 5.02 Å². The summed E-state index contributed by atoms with van der Waals surface area (Å²) in [5.74, 6) is 0.527. The van der Waals surface area contributed by atoms with Gasteiger partial charge >= 0.3 is 0 Å². The predicted molar refractivity (Wildman–Crippen MR) is 67.3 cm³/mol. The Bertz CT molecular complexity index is 466. The Morgan fingerprint density at radius 3 is 2.53 bits per heavy atom. The number of hydrogen-bond acceptors (Lipinski definition) is 2. The molecule has 1 aromatic heterocycles. The molecular weight excluding hydrogens is 208 g/mol. The van der Waals surface area contributed by atoms with E-state index in [0.717, 1.165) is 10.8 Å². The van der Waals surface area contributed by atoms with Crippen LogP contribution in [0.3, 0.4) is 0 Å². The minimum Gasteiger partial charge on any atom is -0.383 e. The Labute approximate surface area is 95.1 Å². The number of nitrogen functional groups attached to an aromatic ring is 1. The lowest BCUT2D eigenvalue weighted by molar-refractivity contribution is 1.36. The van der Waals surface area contributed by atoms with Gasteiger partial charge in [-0.05, 0) is 13.0 Å². The summed E-state index contributed by atoms with van der Waals surface area (Å²) in [4.78, 5) is 3.98. The number of nitrogens with two attached hydrogens (primary N) is 1. The average molecular weight is 223 g/mol. The smallest absolute Gasteiger partial charge is 0.131 e. The molecule has 3 heteroatoms. The molecule has 2 nitrogen and oxygen atoms in total. The van der Waals surface area contributed by atoms with Gasteiger partial charge in [0.05, 0.1) is 5.02 Å². The maximum absolute atomic E-state index is 5.98. The van der Waals surface area contributed by atoms with E-state index in [9.17, 15) is 0 Å². The van der Waals surface area contributed by atoms with Crippen molar-refractivity contribution in [3.05, 3.63) is 35.0 Å². The van der Waals surface area contributed by atoms with Gasteiger partial charge in [-0.2, -0.15) is 0 Å². The summed E-state index contributed by atoms with van der Waals surface area (Å²) in [5.41, 5.74) is 6.87. The van der Waals surface area contributed by atoms with E-state index in [2.05, 4.69) is 4.98 Å². The van der Waals surface area contributed by atoms with Crippen molar-refractivity contribution in [2.24, 2.45) is 0 Å². The Morgan fingerprint density at radius 2 is 1.87 bits per heavy atom. The molecular formula is C12H15ClN2. The van der Waals surface area contributed by atoms with Crippen molar-refractivity contribution in [3.63, 3.8) is 0 Å². The number of hydrogen-bond donors (Lipinski definition) is 1. The fraction of sp³-hybridized carbons (Fsp3) is 0.250. The summed E-state index contributed by atoms with van der Waals surface area (Å²) < 4.78 is 0. The maximum Gasteiger partial charge on any atom is 0.131 e. The molecule has 0 fully saturated rings. The second-order valence-electron chi connectivity index (χ2n) is 3.04. The van der Waals surface area contributed by atoms with Crippen LogP contribution in [-0.2, 0) is 0 Å². The number of nitrogens with zero attached hydrogens (tertiary/aromatic N) is 1. The molecule has 0 aliphatic rings. The predicted octanol–water partition coefficient (Wildman–Crippen LogP) is 3.81. The lowest BCUT2D eigenvalue weighted by Gasteiger charge is -2.03. The van der Waals surface area contributed by atoms with Gasteiger partial charge in [0.2, 0.25) is 0 Å². The van der Waals surface area contributed by atoms with Gasteiger partial charge in [-0.1, -0.05) is 43.1 Å². The number of aromatic nitrogens is 1. The summed E-state index contributed by atoms with van der Waals surface area (Å²) in [7, 11) is 0. The molecule has 2 rings (SSSR count). The lowest BCUT2D eigenvalue weighted by atomic mass is 10.1. The average Bonchev–Trinajstić information content (AvgIpc) is 2.27. The largest absolute Gasteiger partial charge is 0.383 e. The third kappa shape index (κ3) is 2.39. The van der Waals surface area contributed by atoms with E-state index < -0.39 is 0 Å². The van der Waals surface area contributed by atoms with Crippen molar-refractivity contribution < 1.29 is 0 Å². The molecule has 2 aromatic rings. The van der Waals surface area contributed by atoms with Crippen molar-refractivity contribution in [1.82, 2.24) is 4.98 Å². The molecule has 0 unspecified atom stereocenters. The Balaban J connectivity index is 0.000000531. The Morgan fingerprint density at radius 1 is 1.20 bits per heavy atom. The SMILES string of the molecule is CC.Cc1ccc2c(N)ncc(Cl)c2c1. The van der Waals surface area contributed by atoms with Crippen molar-refractivity contribution >= 4 is 28.2 Å². The molecule has 0 aliphatic heterocycles. The second kappa shape index (κ2) is 4.99. The summed E-state index contributed by atoms with van der Waals surface area (Å²) in [5, 5.41) is 2.53. The standard InChI is InChI=1S/C10H9ClN2.C2H6/c1-6-2-3-7-8(4-6)9(11)5-13-10(7)12;1-2/h2-5H,1H3,(H2,12,13);1-2H3. The molecule has 0 radical (unpaired) electrons. The molecule has 1 heterocycles. The van der Waals surface area contributed by atoms with Gasteiger partial charge in [0, 0.05) is 17.0 Å². The Hall–Kier alpha value is -1.28. The van der Waals surface area contributed by atoms with E-state index >= 15 is 0 Å². The number of halogens is 1. The van der Waals surface area contributed by atoms with Crippen LogP contribution in [0, 0.1) is 6.92 Å². The summed E-state index contributed by atoms with van der Waals surface area (Å²) in [6.07, 6.45) is 1.58. The minimum absolute atomic E-state index is 0.527. The highest BCUT2D eigenvalue weighted by molar-refractivity contribution is 6.35. The van der Waals surface area contributed by atoms with Crippen LogP contribution in [0.4, 0.5) is 5.82 Å². The van der Waals surface area contributed by atoms with Crippen LogP contribution in [0.15, 0.2) is 24.4 Å². The molecule has 0 saturated carbocycles. The number of fused-ring (bicyclic) bond motifs is 1. The quantitative estimate of drug-likeness (QED) is 0.736. The molecule has 0 bridgehead atoms. The number of pyridine rings is 1. The van der Waals surface area contributed by atoms with Gasteiger partial charge in [-0.3, -0.25) is 0 Å². The summed E-state index contributed by atoms with van der Waals surface area (Å²) >= 11 is 5.98. The van der Waals surface area contributed by atoms with Crippen LogP contribution in [0.1, 0.15) is 19.4 Å². The highest BCUT2D eigenvalue weighted by atomic mass is 35.5. The van der Waals surface area contributed by atoms with Crippen LogP contribution in [0.5, 0.6) is 0 Å². The first-order valence-electron chi connectivity index (χ1n) is 4.99. The van der Waals surface area contributed by atoms with Gasteiger partial charge in [0.15, 0.2) is 0 Å². The van der Waals surface area contributed by atoms with Crippen LogP contribution in [0.25, 0.3) is 10.8 Å². The molecule has 0 atom stereocenters. The minimum atomic E-state index is 0.527. The zero-order chi connectivity index (χ0) is 11.4. The van der Waals surface area contributed by atoms with Crippen LogP contribution >= 0.6 is 11.6 Å². The van der Waals surface area contributed by atoms with Crippen molar-refractivity contribution in [3.8, 4) is 0 Å². The van der Waals surface area contributed by atoms with Crippen molar-refractivity contribution in [2.75, 3.05) is 5.73 Å². The van der Waals surface area contributed by atoms with E-state index in [4.69, 9.17) is 17.3 Å². The number of benzene rings is 1. The Kier molecular flexibility index (Phi) is 3.92. The second-order valence-corrected chi connectivity index (χ2v) is 3.45. The maximum atomic E-state index is 5.98. The fourth-order valence-electron chi connectivity index (χ4n) is 1.34. The van der Waals surface area contributed by atoms with E-state index in [1.54, 1.807) is 6.20 Å². The zero-order valence-electron chi connectivity index (χ0n) is 9.21. The van der Waals surface area contributed by atoms with E-state index in [1.807, 2.05) is 39.0 Å². The van der Waals surface area contributed by atoms with Gasteiger partial charge in [-0.25, -0.2) is 4.98 Å². The van der Waals surface area contributed by atoms with E-state index in [0.29, 0.717) is 10.8 Å². The lowest BCUT2D eigenvalue weighted by Crippen LogP contribution is -1.91. The molecule has 0 saturated heterocycles. The topological polar surface area (TPSA) is 38.9 Å². The van der Waals surface area contributed by atoms with Crippen LogP contribution < -0.4 is 5.73 Å².